The molecular formula is C25H29N9O9S2. The quantitative estimate of drug-likeness (QED) is 0.0880. The molecule has 18 nitrogen and oxygen atoms in total. The number of urea groups is 1. The van der Waals surface area contributed by atoms with Gasteiger partial charge in [-0.15, -0.1) is 16.9 Å². The van der Waals surface area contributed by atoms with Gasteiger partial charge in [0.05, 0.1) is 0 Å². The smallest absolute Gasteiger partial charge is 0.394 e. The van der Waals surface area contributed by atoms with Crippen LogP contribution in [0.3, 0.4) is 0 Å². The minimum Gasteiger partial charge on any atom is -0.508 e. The number of phenols is 1. The predicted molar refractivity (Wildman–Crippen MR) is 156 cm³/mol. The lowest BCUT2D eigenvalue weighted by molar-refractivity contribution is -0.155. The average Bonchev–Trinajstić information content (AvgIpc) is 3.43. The number of aromatic hydroxyl groups is 1. The molecule has 3 unspecified atom stereocenters. The summed E-state index contributed by atoms with van der Waals surface area (Å²) in [7, 11) is 1.64. The van der Waals surface area contributed by atoms with E-state index in [0.717, 1.165) is 9.80 Å². The van der Waals surface area contributed by atoms with Gasteiger partial charge < -0.3 is 36.2 Å². The molecule has 1 aromatic heterocycles. The Kier molecular flexibility index (Phi) is 10.5. The van der Waals surface area contributed by atoms with Crippen molar-refractivity contribution in [1.29, 1.82) is 0 Å². The van der Waals surface area contributed by atoms with Crippen LogP contribution >= 0.6 is 23.5 Å². The molecule has 1 saturated heterocycles. The first kappa shape index (κ1) is 33.1. The fourth-order valence-corrected chi connectivity index (χ4v) is 6.85. The summed E-state index contributed by atoms with van der Waals surface area (Å²) in [6.07, 6.45) is 0. The Labute approximate surface area is 263 Å². The van der Waals surface area contributed by atoms with Gasteiger partial charge in [-0.05, 0) is 40.6 Å². The summed E-state index contributed by atoms with van der Waals surface area (Å²) in [6, 6.07) is 2.15. The van der Waals surface area contributed by atoms with Gasteiger partial charge in [-0.3, -0.25) is 19.3 Å². The number of benzene rings is 1. The van der Waals surface area contributed by atoms with Gasteiger partial charge in [0.1, 0.15) is 28.9 Å². The van der Waals surface area contributed by atoms with Gasteiger partial charge in [0.15, 0.2) is 0 Å². The molecule has 3 atom stereocenters. The Bertz CT molecular complexity index is 1530. The number of rotatable bonds is 12. The fourth-order valence-electron chi connectivity index (χ4n) is 4.52. The number of nitrogens with one attached hydrogen (secondary N) is 3. The molecule has 3 heterocycles. The highest BCUT2D eigenvalue weighted by Gasteiger charge is 2.54. The number of amides is 5. The van der Waals surface area contributed by atoms with E-state index >= 15 is 0 Å². The van der Waals surface area contributed by atoms with E-state index in [1.54, 1.807) is 14.0 Å². The number of thioether (sulfide) groups is 2. The Morgan fingerprint density at radius 2 is 1.89 bits per heavy atom. The Balaban J connectivity index is 1.43. The number of likely N-dealkylation sites (N-methyl/N-ethyl adjacent to an activating group) is 1. The third-order valence-corrected chi connectivity index (χ3v) is 9.22. The molecule has 2 aliphatic rings. The standard InChI is InChI=1S/C25H29N9O9S2/c1-3-33(20(38)23(41)42)9-8-26-24(43)28-15(12-4-6-14(35)7-5-12)18(36)27-16-19(37)34-17(22(39)40)13(10-44-21(16)34)11-45-25-29-30-31-32(25)2/h4-7,15-16,21,35H,3,8-11H2,1-2H3,(H,27,36)(H,39,40)(H,41,42)(H2,26,28,43). The molecule has 240 valence electrons. The number of fused-ring (bicyclic) bond motifs is 1. The molecule has 4 rings (SSSR count). The number of hydrogen-bond donors (Lipinski definition) is 6. The molecule has 0 spiro atoms. The number of carbonyl (C=O) groups excluding carboxylic acids is 4. The molecule has 1 aromatic carbocycles. The third-order valence-electron chi connectivity index (χ3n) is 6.79. The zero-order valence-electron chi connectivity index (χ0n) is 23.9. The third kappa shape index (κ3) is 7.45. The van der Waals surface area contributed by atoms with Crippen LogP contribution < -0.4 is 16.0 Å². The number of carbonyl (C=O) groups is 6. The van der Waals surface area contributed by atoms with Crippen molar-refractivity contribution in [3.8, 4) is 5.75 Å². The van der Waals surface area contributed by atoms with Crippen LogP contribution in [0, 0.1) is 0 Å². The highest BCUT2D eigenvalue weighted by molar-refractivity contribution is 8.01. The maximum atomic E-state index is 13.5. The fraction of sp³-hybridized carbons (Fsp3) is 0.400. The van der Waals surface area contributed by atoms with Crippen molar-refractivity contribution in [2.24, 2.45) is 7.05 Å². The summed E-state index contributed by atoms with van der Waals surface area (Å²) in [6.45, 7) is 1.43. The highest BCUT2D eigenvalue weighted by Crippen LogP contribution is 2.41. The summed E-state index contributed by atoms with van der Waals surface area (Å²) in [5, 5.41) is 47.0. The van der Waals surface area contributed by atoms with Crippen LogP contribution in [0.5, 0.6) is 5.75 Å². The minimum absolute atomic E-state index is 0.0917. The topological polar surface area (TPSA) is 249 Å². The molecule has 0 radical (unpaired) electrons. The molecule has 0 saturated carbocycles. The second-order valence-corrected chi connectivity index (χ2v) is 11.7. The first-order chi connectivity index (χ1) is 21.4. The van der Waals surface area contributed by atoms with Gasteiger partial charge in [0.2, 0.25) is 11.1 Å². The van der Waals surface area contributed by atoms with Gasteiger partial charge in [0, 0.05) is 38.2 Å². The first-order valence-corrected chi connectivity index (χ1v) is 15.4. The number of tetrazole rings is 1. The molecule has 5 amide bonds. The van der Waals surface area contributed by atoms with Crippen molar-refractivity contribution in [2.45, 2.75) is 29.5 Å². The van der Waals surface area contributed by atoms with E-state index in [2.05, 4.69) is 31.5 Å². The highest BCUT2D eigenvalue weighted by atomic mass is 32.2. The van der Waals surface area contributed by atoms with Gasteiger partial charge in [-0.1, -0.05) is 23.9 Å². The molecule has 45 heavy (non-hydrogen) atoms. The van der Waals surface area contributed by atoms with Gasteiger partial charge in [-0.25, -0.2) is 19.1 Å². The average molecular weight is 664 g/mol. The summed E-state index contributed by atoms with van der Waals surface area (Å²) in [5.41, 5.74) is 0.578. The number of carboxylic acids is 2. The number of nitrogens with zero attached hydrogens (tertiary/aromatic N) is 6. The number of phenolic OH excluding ortho intramolecular Hbond substituents is 1. The Morgan fingerprint density at radius 3 is 2.49 bits per heavy atom. The number of aromatic nitrogens is 4. The lowest BCUT2D eigenvalue weighted by Crippen LogP contribution is -2.71. The van der Waals surface area contributed by atoms with E-state index in [1.165, 1.54) is 52.5 Å². The van der Waals surface area contributed by atoms with Crippen LogP contribution in [0.15, 0.2) is 40.7 Å². The van der Waals surface area contributed by atoms with Crippen molar-refractivity contribution in [1.82, 2.24) is 46.0 Å². The predicted octanol–water partition coefficient (Wildman–Crippen LogP) is -1.28. The molecule has 0 aliphatic carbocycles. The SMILES string of the molecule is CCN(CCNC(=O)NC(C(=O)NC1C(=O)N2C(C(=O)O)=C(CSc3nnnn3C)CSC12)c1ccc(O)cc1)C(=O)C(=O)O. The second kappa shape index (κ2) is 14.3. The van der Waals surface area contributed by atoms with Crippen LogP contribution in [0.1, 0.15) is 18.5 Å². The van der Waals surface area contributed by atoms with Gasteiger partial charge in [-0.2, -0.15) is 0 Å². The lowest BCUT2D eigenvalue weighted by atomic mass is 10.0. The zero-order chi connectivity index (χ0) is 32.8. The van der Waals surface area contributed by atoms with Crippen LogP contribution in [-0.4, -0.2) is 124 Å². The molecule has 20 heteroatoms. The molecule has 1 fully saturated rings. The largest absolute Gasteiger partial charge is 0.508 e. The number of hydrogen-bond acceptors (Lipinski definition) is 12. The second-order valence-electron chi connectivity index (χ2n) is 9.64. The number of aliphatic carboxylic acids is 2. The van der Waals surface area contributed by atoms with Crippen molar-refractivity contribution in [2.75, 3.05) is 31.1 Å². The number of aryl methyl sites for hydroxylation is 1. The van der Waals surface area contributed by atoms with E-state index in [0.29, 0.717) is 10.7 Å². The zero-order valence-corrected chi connectivity index (χ0v) is 25.5. The summed E-state index contributed by atoms with van der Waals surface area (Å²) in [5.74, 6) is -5.08. The van der Waals surface area contributed by atoms with E-state index in [1.807, 2.05) is 0 Å². The Morgan fingerprint density at radius 1 is 1.18 bits per heavy atom. The summed E-state index contributed by atoms with van der Waals surface area (Å²) in [4.78, 5) is 76.4. The van der Waals surface area contributed by atoms with Crippen molar-refractivity contribution >= 4 is 59.2 Å². The maximum Gasteiger partial charge on any atom is 0.394 e. The van der Waals surface area contributed by atoms with Gasteiger partial charge in [0.25, 0.3) is 5.91 Å². The summed E-state index contributed by atoms with van der Waals surface area (Å²) >= 11 is 2.49. The Hall–Kier alpha value is -4.85. The summed E-state index contributed by atoms with van der Waals surface area (Å²) < 4.78 is 1.43. The monoisotopic (exact) mass is 663 g/mol. The van der Waals surface area contributed by atoms with E-state index in [-0.39, 0.29) is 48.1 Å². The normalized spacial score (nSPS) is 17.9. The molecule has 6 N–H and O–H groups in total. The van der Waals surface area contributed by atoms with E-state index in [9.17, 15) is 39.0 Å². The van der Waals surface area contributed by atoms with E-state index < -0.39 is 53.1 Å². The number of carboxylic acid groups (broad SMARTS) is 2. The lowest BCUT2D eigenvalue weighted by Gasteiger charge is -2.49. The van der Waals surface area contributed by atoms with Crippen LogP contribution in [-0.2, 0) is 31.0 Å². The van der Waals surface area contributed by atoms with E-state index in [4.69, 9.17) is 5.11 Å². The van der Waals surface area contributed by atoms with Crippen molar-refractivity contribution in [3.05, 3.63) is 41.1 Å². The van der Waals surface area contributed by atoms with Crippen LogP contribution in [0.2, 0.25) is 0 Å². The molecular weight excluding hydrogens is 634 g/mol. The van der Waals surface area contributed by atoms with Crippen LogP contribution in [0.4, 0.5) is 4.79 Å². The number of β-lactam (4-membered cyclic amide) rings is 1. The molecule has 2 aromatic rings. The van der Waals surface area contributed by atoms with Gasteiger partial charge >= 0.3 is 23.9 Å². The van der Waals surface area contributed by atoms with Crippen molar-refractivity contribution < 1.29 is 44.1 Å². The molecule has 2 aliphatic heterocycles. The van der Waals surface area contributed by atoms with Crippen molar-refractivity contribution in [3.63, 3.8) is 0 Å². The minimum atomic E-state index is -1.63. The maximum absolute atomic E-state index is 13.5. The van der Waals surface area contributed by atoms with Crippen LogP contribution in [0.25, 0.3) is 0 Å². The molecule has 0 bridgehead atoms. The first-order valence-electron chi connectivity index (χ1n) is 13.3.